The lowest BCUT2D eigenvalue weighted by Gasteiger charge is -2.26. The van der Waals surface area contributed by atoms with E-state index in [4.69, 9.17) is 5.73 Å². The van der Waals surface area contributed by atoms with E-state index in [1.54, 1.807) is 6.08 Å². The molecule has 3 N–H and O–H groups in total. The lowest BCUT2D eigenvalue weighted by Crippen LogP contribution is -2.36. The van der Waals surface area contributed by atoms with Crippen LogP contribution in [0.3, 0.4) is 0 Å². The van der Waals surface area contributed by atoms with Gasteiger partial charge >= 0.3 is 0 Å². The van der Waals surface area contributed by atoms with E-state index in [9.17, 15) is 4.79 Å². The highest BCUT2D eigenvalue weighted by atomic mass is 16.1. The van der Waals surface area contributed by atoms with Crippen molar-refractivity contribution in [3.63, 3.8) is 0 Å². The molecule has 3 rings (SSSR count). The van der Waals surface area contributed by atoms with E-state index in [-0.39, 0.29) is 0 Å². The summed E-state index contributed by atoms with van der Waals surface area (Å²) in [5, 5.41) is 3.64. The monoisotopic (exact) mass is 335 g/mol. The summed E-state index contributed by atoms with van der Waals surface area (Å²) in [5.74, 6) is -0.429. The van der Waals surface area contributed by atoms with Gasteiger partial charge in [-0.2, -0.15) is 0 Å². The second kappa shape index (κ2) is 7.88. The minimum absolute atomic E-state index is 0.297. The molecule has 1 aliphatic heterocycles. The minimum Gasteiger partial charge on any atom is -0.366 e. The van der Waals surface area contributed by atoms with Gasteiger partial charge in [-0.25, -0.2) is 0 Å². The summed E-state index contributed by atoms with van der Waals surface area (Å²) in [6, 6.07) is 16.8. The molecule has 1 heterocycles. The van der Waals surface area contributed by atoms with Crippen LogP contribution in [0, 0.1) is 0 Å². The first-order valence-corrected chi connectivity index (χ1v) is 8.86. The molecule has 2 aromatic carbocycles. The predicted molar refractivity (Wildman–Crippen MR) is 104 cm³/mol. The molecule has 0 radical (unpaired) electrons. The van der Waals surface area contributed by atoms with E-state index < -0.39 is 5.91 Å². The van der Waals surface area contributed by atoms with Crippen molar-refractivity contribution in [1.29, 1.82) is 0 Å². The number of nitrogens with zero attached hydrogens (tertiary/aromatic N) is 1. The van der Waals surface area contributed by atoms with Gasteiger partial charge in [0.15, 0.2) is 0 Å². The Bertz CT molecular complexity index is 755. The number of carbonyl (C=O) groups is 1. The highest BCUT2D eigenvalue weighted by Crippen LogP contribution is 2.37. The molecule has 0 spiro atoms. The van der Waals surface area contributed by atoms with Crippen molar-refractivity contribution in [2.45, 2.75) is 32.4 Å². The van der Waals surface area contributed by atoms with E-state index in [2.05, 4.69) is 59.6 Å². The van der Waals surface area contributed by atoms with Gasteiger partial charge in [0.25, 0.3) is 0 Å². The molecular formula is C21H25N3O. The SMILES string of the molecule is CCCN1c2ccc(/C=C/C(N)=O)cc2NC1CCc1ccccc1. The van der Waals surface area contributed by atoms with Gasteiger partial charge in [0.05, 0.1) is 17.5 Å². The van der Waals surface area contributed by atoms with Gasteiger partial charge in [0.1, 0.15) is 0 Å². The average molecular weight is 335 g/mol. The maximum Gasteiger partial charge on any atom is 0.241 e. The Kier molecular flexibility index (Phi) is 5.39. The quantitative estimate of drug-likeness (QED) is 0.757. The largest absolute Gasteiger partial charge is 0.366 e. The van der Waals surface area contributed by atoms with Gasteiger partial charge in [0.2, 0.25) is 5.91 Å². The molecule has 0 aliphatic carbocycles. The number of aryl methyl sites for hydroxylation is 1. The number of fused-ring (bicyclic) bond motifs is 1. The van der Waals surface area contributed by atoms with Crippen LogP contribution in [0.2, 0.25) is 0 Å². The molecule has 1 amide bonds. The standard InChI is InChI=1S/C21H25N3O/c1-2-14-24-19-11-8-17(9-12-20(22)25)15-18(19)23-21(24)13-10-16-6-4-3-5-7-16/h3-9,11-12,15,21,23H,2,10,13-14H2,1H3,(H2,22,25)/b12-9+. The van der Waals surface area contributed by atoms with Gasteiger partial charge in [-0.3, -0.25) is 4.79 Å². The lowest BCUT2D eigenvalue weighted by molar-refractivity contribution is -0.113. The third-order valence-corrected chi connectivity index (χ3v) is 4.48. The molecule has 1 aliphatic rings. The molecule has 25 heavy (non-hydrogen) atoms. The van der Waals surface area contributed by atoms with E-state index in [0.29, 0.717) is 6.17 Å². The van der Waals surface area contributed by atoms with Crippen molar-refractivity contribution in [3.05, 3.63) is 65.7 Å². The fourth-order valence-corrected chi connectivity index (χ4v) is 3.32. The topological polar surface area (TPSA) is 58.4 Å². The van der Waals surface area contributed by atoms with Gasteiger partial charge in [0, 0.05) is 12.6 Å². The van der Waals surface area contributed by atoms with Crippen molar-refractivity contribution in [2.75, 3.05) is 16.8 Å². The van der Waals surface area contributed by atoms with Crippen molar-refractivity contribution < 1.29 is 4.79 Å². The van der Waals surface area contributed by atoms with E-state index in [1.807, 2.05) is 6.07 Å². The van der Waals surface area contributed by atoms with E-state index in [1.165, 1.54) is 17.3 Å². The number of hydrogen-bond acceptors (Lipinski definition) is 3. The van der Waals surface area contributed by atoms with Gasteiger partial charge in [-0.1, -0.05) is 43.3 Å². The molecule has 2 aromatic rings. The Morgan fingerprint density at radius 2 is 2.04 bits per heavy atom. The molecule has 0 aromatic heterocycles. The van der Waals surface area contributed by atoms with Crippen LogP contribution in [0.5, 0.6) is 0 Å². The Morgan fingerprint density at radius 3 is 2.76 bits per heavy atom. The maximum atomic E-state index is 10.9. The second-order valence-corrected chi connectivity index (χ2v) is 6.39. The van der Waals surface area contributed by atoms with E-state index >= 15 is 0 Å². The van der Waals surface area contributed by atoms with Crippen molar-refractivity contribution in [1.82, 2.24) is 0 Å². The fourth-order valence-electron chi connectivity index (χ4n) is 3.32. The van der Waals surface area contributed by atoms with Crippen LogP contribution < -0.4 is 16.0 Å². The predicted octanol–water partition coefficient (Wildman–Crippen LogP) is 3.79. The lowest BCUT2D eigenvalue weighted by atomic mass is 10.1. The third-order valence-electron chi connectivity index (χ3n) is 4.48. The molecule has 4 heteroatoms. The fraction of sp³-hybridized carbons (Fsp3) is 0.286. The second-order valence-electron chi connectivity index (χ2n) is 6.39. The highest BCUT2D eigenvalue weighted by Gasteiger charge is 2.27. The highest BCUT2D eigenvalue weighted by molar-refractivity contribution is 5.91. The number of amides is 1. The van der Waals surface area contributed by atoms with Crippen molar-refractivity contribution in [3.8, 4) is 0 Å². The number of primary amides is 1. The number of nitrogens with one attached hydrogen (secondary N) is 1. The number of benzene rings is 2. The zero-order chi connectivity index (χ0) is 17.6. The molecule has 0 saturated carbocycles. The first-order valence-electron chi connectivity index (χ1n) is 8.86. The summed E-state index contributed by atoms with van der Waals surface area (Å²) in [6.45, 7) is 3.23. The first kappa shape index (κ1) is 17.1. The summed E-state index contributed by atoms with van der Waals surface area (Å²) in [6.07, 6.45) is 6.64. The molecule has 1 atom stereocenters. The molecule has 0 fully saturated rings. The Balaban J connectivity index is 1.75. The number of hydrogen-bond donors (Lipinski definition) is 2. The summed E-state index contributed by atoms with van der Waals surface area (Å²) < 4.78 is 0. The normalized spacial score (nSPS) is 16.0. The molecule has 0 saturated heterocycles. The number of nitrogens with two attached hydrogens (primary N) is 1. The number of carbonyl (C=O) groups excluding carboxylic acids is 1. The van der Waals surface area contributed by atoms with Crippen LogP contribution in [-0.2, 0) is 11.2 Å². The summed E-state index contributed by atoms with van der Waals surface area (Å²) >= 11 is 0. The van der Waals surface area contributed by atoms with Crippen LogP contribution in [0.4, 0.5) is 11.4 Å². The zero-order valence-electron chi connectivity index (χ0n) is 14.6. The summed E-state index contributed by atoms with van der Waals surface area (Å²) in [7, 11) is 0. The van der Waals surface area contributed by atoms with Crippen LogP contribution in [0.15, 0.2) is 54.6 Å². The smallest absolute Gasteiger partial charge is 0.241 e. The van der Waals surface area contributed by atoms with Gasteiger partial charge in [-0.15, -0.1) is 0 Å². The summed E-state index contributed by atoms with van der Waals surface area (Å²) in [4.78, 5) is 13.4. The molecule has 4 nitrogen and oxygen atoms in total. The first-order chi connectivity index (χ1) is 12.2. The van der Waals surface area contributed by atoms with E-state index in [0.717, 1.165) is 37.1 Å². The van der Waals surface area contributed by atoms with Crippen LogP contribution in [-0.4, -0.2) is 18.6 Å². The third kappa shape index (κ3) is 4.21. The Hall–Kier alpha value is -2.75. The Labute approximate surface area is 149 Å². The van der Waals surface area contributed by atoms with Crippen LogP contribution in [0.1, 0.15) is 30.9 Å². The minimum atomic E-state index is -0.429. The molecule has 130 valence electrons. The number of anilines is 2. The number of rotatable bonds is 7. The maximum absolute atomic E-state index is 10.9. The molecular weight excluding hydrogens is 310 g/mol. The van der Waals surface area contributed by atoms with Crippen LogP contribution >= 0.6 is 0 Å². The van der Waals surface area contributed by atoms with Gasteiger partial charge in [-0.05, 0) is 48.6 Å². The van der Waals surface area contributed by atoms with Gasteiger partial charge < -0.3 is 16.0 Å². The zero-order valence-corrected chi connectivity index (χ0v) is 14.6. The van der Waals surface area contributed by atoms with Crippen LogP contribution in [0.25, 0.3) is 6.08 Å². The molecule has 1 unspecified atom stereocenters. The summed E-state index contributed by atoms with van der Waals surface area (Å²) in [5.41, 5.74) is 9.88. The Morgan fingerprint density at radius 1 is 1.24 bits per heavy atom. The van der Waals surface area contributed by atoms with Crippen molar-refractivity contribution >= 4 is 23.4 Å². The van der Waals surface area contributed by atoms with Crippen molar-refractivity contribution in [2.24, 2.45) is 5.73 Å². The average Bonchev–Trinajstić information content (AvgIpc) is 2.96. The molecule has 0 bridgehead atoms.